The molecule has 0 radical (unpaired) electrons. The third kappa shape index (κ3) is 3.26. The molecule has 1 aromatic carbocycles. The molecule has 14 heavy (non-hydrogen) atoms. The first kappa shape index (κ1) is 12.0. The zero-order chi connectivity index (χ0) is 10.6. The highest BCUT2D eigenvalue weighted by Gasteiger charge is 2.02. The molecular weight excluding hydrogens is 331 g/mol. The van der Waals surface area contributed by atoms with Gasteiger partial charge < -0.3 is 9.26 Å². The normalized spacial score (nSPS) is 9.43. The lowest BCUT2D eigenvalue weighted by molar-refractivity contribution is 0.399. The van der Waals surface area contributed by atoms with Gasteiger partial charge in [0.15, 0.2) is 11.5 Å². The van der Waals surface area contributed by atoms with E-state index in [4.69, 9.17) is 9.26 Å². The van der Waals surface area contributed by atoms with Crippen LogP contribution in [0.1, 0.15) is 5.56 Å². The number of ether oxygens (including phenoxy) is 1. The molecule has 0 heterocycles. The average Bonchev–Trinajstić information content (AvgIpc) is 2.16. The molecule has 0 aliphatic heterocycles. The summed E-state index contributed by atoms with van der Waals surface area (Å²) in [5, 5.41) is 0. The molecule has 1 unspecified atom stereocenters. The van der Waals surface area contributed by atoms with Crippen LogP contribution in [0.4, 0.5) is 0 Å². The second kappa shape index (κ2) is 5.74. The molecule has 0 aliphatic carbocycles. The second-order valence-electron chi connectivity index (χ2n) is 2.46. The number of hydrogen-bond acceptors (Lipinski definition) is 2. The Balaban J connectivity index is 3.07. The van der Waals surface area contributed by atoms with E-state index in [1.54, 1.807) is 7.11 Å². The summed E-state index contributed by atoms with van der Waals surface area (Å²) in [5.74, 6) is 1.40. The summed E-state index contributed by atoms with van der Waals surface area (Å²) >= 11 is 6.59. The minimum absolute atomic E-state index is 0.695. The van der Waals surface area contributed by atoms with Crippen molar-refractivity contribution in [2.24, 2.45) is 0 Å². The fourth-order valence-corrected chi connectivity index (χ4v) is 1.72. The lowest BCUT2D eigenvalue weighted by Crippen LogP contribution is -1.87. The SMILES string of the molecule is COc1cc(C=C(Br)Br)ccc1OP. The molecule has 0 aromatic heterocycles. The quantitative estimate of drug-likeness (QED) is 0.776. The smallest absolute Gasteiger partial charge is 0.164 e. The van der Waals surface area contributed by atoms with Crippen molar-refractivity contribution in [3.63, 3.8) is 0 Å². The molecule has 1 aromatic rings. The molecule has 5 heteroatoms. The van der Waals surface area contributed by atoms with Gasteiger partial charge in [-0.05, 0) is 55.6 Å². The van der Waals surface area contributed by atoms with Crippen LogP contribution in [-0.2, 0) is 0 Å². The summed E-state index contributed by atoms with van der Waals surface area (Å²) < 4.78 is 11.1. The van der Waals surface area contributed by atoms with Crippen LogP contribution in [0.2, 0.25) is 0 Å². The molecule has 76 valence electrons. The first-order valence-electron chi connectivity index (χ1n) is 3.75. The maximum absolute atomic E-state index is 5.16. The third-order valence-electron chi connectivity index (χ3n) is 1.59. The molecule has 0 bridgehead atoms. The highest BCUT2D eigenvalue weighted by atomic mass is 79.9. The van der Waals surface area contributed by atoms with Crippen LogP contribution in [0.5, 0.6) is 11.5 Å². The van der Waals surface area contributed by atoms with E-state index in [0.717, 1.165) is 8.96 Å². The predicted octanol–water partition coefficient (Wildman–Crippen LogP) is 3.95. The summed E-state index contributed by atoms with van der Waals surface area (Å²) in [7, 11) is 3.80. The fraction of sp³-hybridized carbons (Fsp3) is 0.111. The van der Waals surface area contributed by atoms with E-state index in [9.17, 15) is 0 Å². The molecular formula is C9H9Br2O2P. The van der Waals surface area contributed by atoms with E-state index >= 15 is 0 Å². The van der Waals surface area contributed by atoms with Gasteiger partial charge in [0, 0.05) is 0 Å². The Morgan fingerprint density at radius 1 is 1.36 bits per heavy atom. The highest BCUT2D eigenvalue weighted by molar-refractivity contribution is 9.28. The maximum Gasteiger partial charge on any atom is 0.164 e. The number of benzene rings is 1. The number of hydrogen-bond donors (Lipinski definition) is 0. The molecule has 1 rings (SSSR count). The van der Waals surface area contributed by atoms with Gasteiger partial charge in [0.05, 0.1) is 20.0 Å². The van der Waals surface area contributed by atoms with Gasteiger partial charge in [-0.3, -0.25) is 0 Å². The van der Waals surface area contributed by atoms with Crippen molar-refractivity contribution < 1.29 is 9.26 Å². The van der Waals surface area contributed by atoms with Crippen molar-refractivity contribution >= 4 is 47.4 Å². The highest BCUT2D eigenvalue weighted by Crippen LogP contribution is 2.30. The summed E-state index contributed by atoms with van der Waals surface area (Å²) in [6.07, 6.45) is 1.93. The molecule has 0 N–H and O–H groups in total. The number of rotatable bonds is 3. The van der Waals surface area contributed by atoms with Crippen molar-refractivity contribution in [3.05, 3.63) is 27.2 Å². The van der Waals surface area contributed by atoms with Crippen LogP contribution in [0.25, 0.3) is 6.08 Å². The maximum atomic E-state index is 5.16. The largest absolute Gasteiger partial charge is 0.493 e. The zero-order valence-corrected chi connectivity index (χ0v) is 11.8. The summed E-state index contributed by atoms with van der Waals surface area (Å²) in [6, 6.07) is 5.67. The van der Waals surface area contributed by atoms with E-state index < -0.39 is 0 Å². The number of halogens is 2. The molecule has 0 saturated carbocycles. The summed E-state index contributed by atoms with van der Waals surface area (Å²) in [4.78, 5) is 0. The first-order chi connectivity index (χ1) is 6.67. The lowest BCUT2D eigenvalue weighted by Gasteiger charge is -2.07. The van der Waals surface area contributed by atoms with Crippen LogP contribution in [0.15, 0.2) is 21.6 Å². The molecule has 0 aliphatic rings. The van der Waals surface area contributed by atoms with Gasteiger partial charge in [0.25, 0.3) is 0 Å². The molecule has 0 saturated heterocycles. The van der Waals surface area contributed by atoms with Gasteiger partial charge in [-0.2, -0.15) is 0 Å². The molecule has 0 fully saturated rings. The van der Waals surface area contributed by atoms with Crippen LogP contribution < -0.4 is 9.26 Å². The van der Waals surface area contributed by atoms with Crippen LogP contribution in [-0.4, -0.2) is 7.11 Å². The van der Waals surface area contributed by atoms with Gasteiger partial charge in [0.2, 0.25) is 0 Å². The van der Waals surface area contributed by atoms with Crippen molar-refractivity contribution in [2.75, 3.05) is 7.11 Å². The van der Waals surface area contributed by atoms with Crippen LogP contribution in [0.3, 0.4) is 0 Å². The standard InChI is InChI=1S/C9H9Br2O2P/c1-12-8-4-6(5-9(10)11)2-3-7(8)13-14/h2-5H,14H2,1H3. The minimum atomic E-state index is 0.695. The average molecular weight is 340 g/mol. The monoisotopic (exact) mass is 338 g/mol. The van der Waals surface area contributed by atoms with Crippen LogP contribution >= 0.6 is 41.3 Å². The van der Waals surface area contributed by atoms with Gasteiger partial charge in [-0.25, -0.2) is 0 Å². The van der Waals surface area contributed by atoms with Gasteiger partial charge in [-0.15, -0.1) is 0 Å². The topological polar surface area (TPSA) is 18.5 Å². The summed E-state index contributed by atoms with van der Waals surface area (Å²) in [6.45, 7) is 0. The summed E-state index contributed by atoms with van der Waals surface area (Å²) in [5.41, 5.74) is 1.02. The molecule has 1 atom stereocenters. The van der Waals surface area contributed by atoms with Crippen molar-refractivity contribution in [3.8, 4) is 11.5 Å². The van der Waals surface area contributed by atoms with Crippen molar-refractivity contribution in [1.29, 1.82) is 0 Å². The van der Waals surface area contributed by atoms with Gasteiger partial charge in [0.1, 0.15) is 0 Å². The Morgan fingerprint density at radius 2 is 2.07 bits per heavy atom. The molecule has 0 amide bonds. The van der Waals surface area contributed by atoms with Crippen LogP contribution in [0, 0.1) is 0 Å². The fourth-order valence-electron chi connectivity index (χ4n) is 0.997. The van der Waals surface area contributed by atoms with E-state index in [1.165, 1.54) is 0 Å². The predicted molar refractivity (Wildman–Crippen MR) is 69.2 cm³/mol. The Labute approximate surface area is 102 Å². The Bertz CT molecular complexity index is 349. The molecule has 2 nitrogen and oxygen atoms in total. The van der Waals surface area contributed by atoms with E-state index in [1.807, 2.05) is 24.3 Å². The lowest BCUT2D eigenvalue weighted by atomic mass is 10.2. The second-order valence-corrected chi connectivity index (χ2v) is 5.47. The van der Waals surface area contributed by atoms with Gasteiger partial charge >= 0.3 is 0 Å². The van der Waals surface area contributed by atoms with E-state index in [2.05, 4.69) is 41.3 Å². The Hall–Kier alpha value is -0.0500. The van der Waals surface area contributed by atoms with E-state index in [-0.39, 0.29) is 0 Å². The number of methoxy groups -OCH3 is 1. The molecule has 0 spiro atoms. The zero-order valence-electron chi connectivity index (χ0n) is 7.46. The van der Waals surface area contributed by atoms with E-state index in [0.29, 0.717) is 11.5 Å². The Kier molecular flexibility index (Phi) is 4.93. The minimum Gasteiger partial charge on any atom is -0.493 e. The first-order valence-corrected chi connectivity index (χ1v) is 5.80. The van der Waals surface area contributed by atoms with Crippen molar-refractivity contribution in [1.82, 2.24) is 0 Å². The Morgan fingerprint density at radius 3 is 2.57 bits per heavy atom. The van der Waals surface area contributed by atoms with Crippen molar-refractivity contribution in [2.45, 2.75) is 0 Å². The third-order valence-corrected chi connectivity index (χ3v) is 2.30. The van der Waals surface area contributed by atoms with Gasteiger partial charge in [-0.1, -0.05) is 6.07 Å².